The molecular formula is C10H8INO4. The zero-order valence-corrected chi connectivity index (χ0v) is 10.2. The van der Waals surface area contributed by atoms with Crippen LogP contribution in [0.15, 0.2) is 18.2 Å². The number of halogens is 1. The largest absolute Gasteiger partial charge is 0.481 e. The predicted molar refractivity (Wildman–Crippen MR) is 63.9 cm³/mol. The number of nitrogens with one attached hydrogen (secondary N) is 1. The second kappa shape index (κ2) is 3.70. The van der Waals surface area contributed by atoms with E-state index in [-0.39, 0.29) is 0 Å². The Balaban J connectivity index is 2.53. The molecule has 0 aliphatic carbocycles. The van der Waals surface area contributed by atoms with Gasteiger partial charge >= 0.3 is 5.97 Å². The molecule has 1 aliphatic heterocycles. The summed E-state index contributed by atoms with van der Waals surface area (Å²) in [7, 11) is 0. The van der Waals surface area contributed by atoms with Crippen LogP contribution in [0.3, 0.4) is 0 Å². The Morgan fingerprint density at radius 1 is 1.50 bits per heavy atom. The molecule has 84 valence electrons. The smallest absolute Gasteiger partial charge is 0.307 e. The van der Waals surface area contributed by atoms with Crippen LogP contribution in [0.1, 0.15) is 12.0 Å². The lowest BCUT2D eigenvalue weighted by atomic mass is 9.92. The van der Waals surface area contributed by atoms with Crippen LogP contribution in [0.5, 0.6) is 0 Å². The fourth-order valence-electron chi connectivity index (χ4n) is 1.71. The van der Waals surface area contributed by atoms with Crippen molar-refractivity contribution in [2.24, 2.45) is 0 Å². The average molecular weight is 333 g/mol. The van der Waals surface area contributed by atoms with Gasteiger partial charge in [-0.15, -0.1) is 0 Å². The van der Waals surface area contributed by atoms with E-state index in [1.807, 2.05) is 22.6 Å². The molecule has 1 atom stereocenters. The maximum Gasteiger partial charge on any atom is 0.307 e. The van der Waals surface area contributed by atoms with E-state index in [0.29, 0.717) is 11.3 Å². The van der Waals surface area contributed by atoms with Gasteiger partial charge in [-0.3, -0.25) is 9.59 Å². The number of fused-ring (bicyclic) bond motifs is 1. The number of carboxylic acids is 1. The van der Waals surface area contributed by atoms with E-state index in [9.17, 15) is 14.7 Å². The molecule has 0 saturated heterocycles. The summed E-state index contributed by atoms with van der Waals surface area (Å²) < 4.78 is 0.830. The van der Waals surface area contributed by atoms with Crippen molar-refractivity contribution in [3.8, 4) is 0 Å². The van der Waals surface area contributed by atoms with Crippen molar-refractivity contribution in [2.45, 2.75) is 12.0 Å². The Morgan fingerprint density at radius 2 is 2.19 bits per heavy atom. The van der Waals surface area contributed by atoms with Gasteiger partial charge in [0.25, 0.3) is 5.91 Å². The molecule has 0 spiro atoms. The molecule has 1 amide bonds. The van der Waals surface area contributed by atoms with Crippen molar-refractivity contribution < 1.29 is 19.8 Å². The van der Waals surface area contributed by atoms with Crippen LogP contribution in [0.4, 0.5) is 5.69 Å². The van der Waals surface area contributed by atoms with Crippen molar-refractivity contribution in [1.29, 1.82) is 0 Å². The number of hydrogen-bond donors (Lipinski definition) is 3. The Morgan fingerprint density at radius 3 is 2.81 bits per heavy atom. The van der Waals surface area contributed by atoms with Crippen LogP contribution in [0.2, 0.25) is 0 Å². The van der Waals surface area contributed by atoms with Crippen LogP contribution in [-0.2, 0) is 15.2 Å². The first-order valence-corrected chi connectivity index (χ1v) is 5.57. The molecule has 0 saturated carbocycles. The van der Waals surface area contributed by atoms with Gasteiger partial charge in [-0.05, 0) is 40.8 Å². The Hall–Kier alpha value is -1.15. The summed E-state index contributed by atoms with van der Waals surface area (Å²) in [4.78, 5) is 22.2. The monoisotopic (exact) mass is 333 g/mol. The number of benzene rings is 1. The lowest BCUT2D eigenvalue weighted by Crippen LogP contribution is -2.36. The summed E-state index contributed by atoms with van der Waals surface area (Å²) in [5.74, 6) is -1.91. The standard InChI is InChI=1S/C10H8INO4/c11-5-1-2-7-6(3-5)10(16,4-8(13)14)9(15)12-7/h1-3,16H,4H2,(H,12,15)(H,13,14). The molecule has 1 aliphatic rings. The number of anilines is 1. The van der Waals surface area contributed by atoms with Crippen molar-refractivity contribution >= 4 is 40.2 Å². The number of hydrogen-bond acceptors (Lipinski definition) is 3. The first-order valence-electron chi connectivity index (χ1n) is 4.49. The highest BCUT2D eigenvalue weighted by atomic mass is 127. The van der Waals surface area contributed by atoms with Gasteiger partial charge in [0.2, 0.25) is 0 Å². The Bertz CT molecular complexity index is 488. The summed E-state index contributed by atoms with van der Waals surface area (Å²) in [6.07, 6.45) is -0.633. The lowest BCUT2D eigenvalue weighted by Gasteiger charge is -2.18. The van der Waals surface area contributed by atoms with E-state index < -0.39 is 23.9 Å². The molecule has 0 fully saturated rings. The highest BCUT2D eigenvalue weighted by Crippen LogP contribution is 2.38. The number of aliphatic hydroxyl groups is 1. The third kappa shape index (κ3) is 1.67. The fourth-order valence-corrected chi connectivity index (χ4v) is 2.20. The van der Waals surface area contributed by atoms with Crippen LogP contribution >= 0.6 is 22.6 Å². The quantitative estimate of drug-likeness (QED) is 0.702. The topological polar surface area (TPSA) is 86.6 Å². The van der Waals surface area contributed by atoms with Crippen LogP contribution in [0, 0.1) is 3.57 Å². The molecule has 1 aromatic rings. The molecule has 0 aromatic heterocycles. The fraction of sp³-hybridized carbons (Fsp3) is 0.200. The molecule has 2 rings (SSSR count). The zero-order valence-electron chi connectivity index (χ0n) is 8.03. The minimum absolute atomic E-state index is 0.326. The first kappa shape index (κ1) is 11.3. The maximum atomic E-state index is 11.6. The summed E-state index contributed by atoms with van der Waals surface area (Å²) in [5.41, 5.74) is -1.16. The van der Waals surface area contributed by atoms with Gasteiger partial charge in [-0.25, -0.2) is 0 Å². The number of carboxylic acid groups (broad SMARTS) is 1. The van der Waals surface area contributed by atoms with Crippen molar-refractivity contribution in [3.63, 3.8) is 0 Å². The Labute approximate surface area is 105 Å². The number of rotatable bonds is 2. The molecule has 1 aromatic carbocycles. The number of aliphatic carboxylic acids is 1. The minimum atomic E-state index is -1.96. The van der Waals surface area contributed by atoms with Crippen molar-refractivity contribution in [1.82, 2.24) is 0 Å². The molecule has 3 N–H and O–H groups in total. The third-order valence-corrected chi connectivity index (χ3v) is 3.13. The molecule has 5 nitrogen and oxygen atoms in total. The van der Waals surface area contributed by atoms with Gasteiger partial charge in [-0.1, -0.05) is 0 Å². The average Bonchev–Trinajstić information content (AvgIpc) is 2.40. The first-order chi connectivity index (χ1) is 7.43. The lowest BCUT2D eigenvalue weighted by molar-refractivity contribution is -0.149. The van der Waals surface area contributed by atoms with Gasteiger partial charge in [0.15, 0.2) is 5.60 Å². The molecule has 16 heavy (non-hydrogen) atoms. The number of carbonyl (C=O) groups excluding carboxylic acids is 1. The molecule has 6 heteroatoms. The number of amides is 1. The van der Waals surface area contributed by atoms with Gasteiger partial charge < -0.3 is 15.5 Å². The van der Waals surface area contributed by atoms with E-state index in [1.54, 1.807) is 18.2 Å². The van der Waals surface area contributed by atoms with Crippen molar-refractivity contribution in [3.05, 3.63) is 27.3 Å². The van der Waals surface area contributed by atoms with E-state index in [4.69, 9.17) is 5.11 Å². The maximum absolute atomic E-state index is 11.6. The van der Waals surface area contributed by atoms with E-state index in [2.05, 4.69) is 5.32 Å². The summed E-state index contributed by atoms with van der Waals surface area (Å²) >= 11 is 2.03. The third-order valence-electron chi connectivity index (χ3n) is 2.46. The minimum Gasteiger partial charge on any atom is -0.481 e. The summed E-state index contributed by atoms with van der Waals surface area (Å²) in [6.45, 7) is 0. The molecule has 1 heterocycles. The van der Waals surface area contributed by atoms with Gasteiger partial charge in [0.05, 0.1) is 6.42 Å². The normalized spacial score (nSPS) is 22.8. The van der Waals surface area contributed by atoms with Gasteiger partial charge in [0.1, 0.15) is 0 Å². The highest BCUT2D eigenvalue weighted by molar-refractivity contribution is 14.1. The van der Waals surface area contributed by atoms with Gasteiger partial charge in [0, 0.05) is 14.8 Å². The number of carbonyl (C=O) groups is 2. The second-order valence-corrected chi connectivity index (χ2v) is 4.82. The molecule has 0 radical (unpaired) electrons. The molecule has 0 bridgehead atoms. The van der Waals surface area contributed by atoms with E-state index >= 15 is 0 Å². The SMILES string of the molecule is O=C(O)CC1(O)C(=O)Nc2ccc(I)cc21. The van der Waals surface area contributed by atoms with Crippen LogP contribution < -0.4 is 5.32 Å². The van der Waals surface area contributed by atoms with Gasteiger partial charge in [-0.2, -0.15) is 0 Å². The molecule has 1 unspecified atom stereocenters. The van der Waals surface area contributed by atoms with Crippen molar-refractivity contribution in [2.75, 3.05) is 5.32 Å². The Kier molecular flexibility index (Phi) is 2.62. The van der Waals surface area contributed by atoms with Crippen LogP contribution in [-0.4, -0.2) is 22.1 Å². The van der Waals surface area contributed by atoms with Crippen LogP contribution in [0.25, 0.3) is 0 Å². The summed E-state index contributed by atoms with van der Waals surface area (Å²) in [6, 6.07) is 5.03. The highest BCUT2D eigenvalue weighted by Gasteiger charge is 2.46. The van der Waals surface area contributed by atoms with E-state index in [1.165, 1.54) is 0 Å². The predicted octanol–water partition coefficient (Wildman–Crippen LogP) is 0.906. The molecular weight excluding hydrogens is 325 g/mol. The summed E-state index contributed by atoms with van der Waals surface area (Å²) in [5, 5.41) is 21.3. The second-order valence-electron chi connectivity index (χ2n) is 3.57. The zero-order chi connectivity index (χ0) is 11.9. The van der Waals surface area contributed by atoms with E-state index in [0.717, 1.165) is 3.57 Å².